The number of aryl methyl sites for hydroxylation is 1. The highest BCUT2D eigenvalue weighted by atomic mass is 35.5. The number of aromatic nitrogens is 1. The van der Waals surface area contributed by atoms with Crippen molar-refractivity contribution >= 4 is 35.2 Å². The summed E-state index contributed by atoms with van der Waals surface area (Å²) in [5.41, 5.74) is -0.0165. The molecule has 0 unspecified atom stereocenters. The van der Waals surface area contributed by atoms with Gasteiger partial charge in [-0.2, -0.15) is 9.64 Å². The summed E-state index contributed by atoms with van der Waals surface area (Å²) in [4.78, 5) is 6.15. The molecule has 25 heavy (non-hydrogen) atoms. The number of ether oxygens (including phenoxy) is 1. The van der Waals surface area contributed by atoms with Crippen LogP contribution >= 0.6 is 23.1 Å². The Balaban J connectivity index is 2.38. The van der Waals surface area contributed by atoms with Crippen LogP contribution in [-0.4, -0.2) is 29.7 Å². The van der Waals surface area contributed by atoms with E-state index >= 15 is 0 Å². The van der Waals surface area contributed by atoms with E-state index in [9.17, 15) is 9.65 Å². The van der Waals surface area contributed by atoms with E-state index in [1.807, 2.05) is 32.0 Å². The molecule has 0 saturated carbocycles. The van der Waals surface area contributed by atoms with Crippen LogP contribution in [0.5, 0.6) is 10.8 Å². The first-order valence-corrected chi connectivity index (χ1v) is 8.56. The zero-order valence-electron chi connectivity index (χ0n) is 14.6. The van der Waals surface area contributed by atoms with Gasteiger partial charge in [-0.1, -0.05) is 11.6 Å². The van der Waals surface area contributed by atoms with Crippen molar-refractivity contribution in [3.8, 4) is 16.9 Å². The van der Waals surface area contributed by atoms with Crippen molar-refractivity contribution in [2.45, 2.75) is 26.4 Å². The van der Waals surface area contributed by atoms with Gasteiger partial charge in [0.1, 0.15) is 28.7 Å². The summed E-state index contributed by atoms with van der Waals surface area (Å²) in [5, 5.41) is 9.89. The van der Waals surface area contributed by atoms with Gasteiger partial charge in [0, 0.05) is 25.6 Å². The maximum Gasteiger partial charge on any atom is 0.218 e. The molecule has 0 radical (unpaired) electrons. The van der Waals surface area contributed by atoms with E-state index in [1.165, 1.54) is 13.8 Å². The predicted octanol–water partition coefficient (Wildman–Crippen LogP) is 5.19. The quantitative estimate of drug-likeness (QED) is 0.528. The topological polar surface area (TPSA) is 61.5 Å². The minimum atomic E-state index is -1.73. The lowest BCUT2D eigenvalue weighted by molar-refractivity contribution is 0.215. The normalized spacial score (nSPS) is 11.6. The van der Waals surface area contributed by atoms with Gasteiger partial charge >= 0.3 is 0 Å². The van der Waals surface area contributed by atoms with Gasteiger partial charge in [-0.25, -0.2) is 9.38 Å². The number of nitriles is 1. The molecule has 0 N–H and O–H groups in total. The van der Waals surface area contributed by atoms with Crippen LogP contribution < -0.4 is 4.74 Å². The molecule has 132 valence electrons. The highest BCUT2D eigenvalue weighted by Gasteiger charge is 2.29. The van der Waals surface area contributed by atoms with Crippen LogP contribution in [0.3, 0.4) is 0 Å². The molecule has 0 aliphatic heterocycles. The smallest absolute Gasteiger partial charge is 0.218 e. The maximum atomic E-state index is 14.2. The lowest BCUT2D eigenvalue weighted by Crippen LogP contribution is -2.11. The fraction of sp³-hybridized carbons (Fsp3) is 0.353. The Hall–Kier alpha value is -2.17. The van der Waals surface area contributed by atoms with E-state index in [4.69, 9.17) is 16.3 Å². The summed E-state index contributed by atoms with van der Waals surface area (Å²) < 4.78 is 23.9. The predicted molar refractivity (Wildman–Crippen MR) is 99.1 cm³/mol. The number of benzene rings is 1. The third-order valence-electron chi connectivity index (χ3n) is 3.22. The molecule has 1 aromatic carbocycles. The molecule has 0 amide bonds. The van der Waals surface area contributed by atoms with E-state index in [1.54, 1.807) is 18.5 Å². The largest absolute Gasteiger partial charge is 0.442 e. The molecular formula is C17H18ClFN4OS. The number of rotatable bonds is 5. The molecule has 5 nitrogen and oxygen atoms in total. The average molecular weight is 381 g/mol. The van der Waals surface area contributed by atoms with Crippen LogP contribution in [-0.2, 0) is 5.67 Å². The maximum absolute atomic E-state index is 14.2. The Morgan fingerprint density at radius 1 is 1.44 bits per heavy atom. The lowest BCUT2D eigenvalue weighted by Gasteiger charge is -2.12. The van der Waals surface area contributed by atoms with Crippen LogP contribution in [0.25, 0.3) is 0 Å². The second-order valence-corrected chi connectivity index (χ2v) is 7.30. The molecule has 0 spiro atoms. The first-order chi connectivity index (χ1) is 11.6. The van der Waals surface area contributed by atoms with Gasteiger partial charge in [0.2, 0.25) is 5.06 Å². The summed E-state index contributed by atoms with van der Waals surface area (Å²) in [6.45, 7) is 4.57. The Morgan fingerprint density at radius 3 is 2.68 bits per heavy atom. The van der Waals surface area contributed by atoms with Gasteiger partial charge in [0.05, 0.1) is 17.0 Å². The van der Waals surface area contributed by atoms with E-state index in [2.05, 4.69) is 9.37 Å². The second-order valence-electron chi connectivity index (χ2n) is 6.16. The molecule has 0 saturated heterocycles. The van der Waals surface area contributed by atoms with Crippen molar-refractivity contribution in [3.63, 3.8) is 0 Å². The molecule has 0 fully saturated rings. The summed E-state index contributed by atoms with van der Waals surface area (Å²) in [5.74, 6) is 0.367. The molecule has 2 aromatic rings. The lowest BCUT2D eigenvalue weighted by atomic mass is 10.0. The molecule has 0 bridgehead atoms. The monoisotopic (exact) mass is 380 g/mol. The summed E-state index contributed by atoms with van der Waals surface area (Å²) >= 11 is 7.20. The fourth-order valence-corrected chi connectivity index (χ4v) is 3.03. The van der Waals surface area contributed by atoms with Crippen LogP contribution in [0.15, 0.2) is 17.1 Å². The van der Waals surface area contributed by atoms with E-state index in [-0.39, 0.29) is 16.3 Å². The first kappa shape index (κ1) is 19.2. The minimum absolute atomic E-state index is 0.0649. The van der Waals surface area contributed by atoms with E-state index < -0.39 is 5.67 Å². The van der Waals surface area contributed by atoms with Gasteiger partial charge in [-0.05, 0) is 38.5 Å². The number of halogens is 2. The fourth-order valence-electron chi connectivity index (χ4n) is 1.99. The van der Waals surface area contributed by atoms with Crippen molar-refractivity contribution in [2.24, 2.45) is 4.99 Å². The Bertz CT molecular complexity index is 850. The second kappa shape index (κ2) is 7.38. The van der Waals surface area contributed by atoms with Gasteiger partial charge in [-0.15, -0.1) is 0 Å². The third kappa shape index (κ3) is 4.47. The van der Waals surface area contributed by atoms with Crippen molar-refractivity contribution in [2.75, 3.05) is 14.1 Å². The minimum Gasteiger partial charge on any atom is -0.442 e. The molecule has 1 heterocycles. The average Bonchev–Trinajstić information content (AvgIpc) is 2.92. The van der Waals surface area contributed by atoms with Crippen LogP contribution in [0, 0.1) is 18.3 Å². The number of alkyl halides is 1. The highest BCUT2D eigenvalue weighted by molar-refractivity contribution is 7.08. The van der Waals surface area contributed by atoms with Gasteiger partial charge in [0.25, 0.3) is 0 Å². The number of aliphatic imine (C=N–C) groups is 1. The Kier molecular flexibility index (Phi) is 5.65. The number of nitrogens with zero attached hydrogens (tertiary/aromatic N) is 4. The first-order valence-electron chi connectivity index (χ1n) is 7.41. The zero-order chi connectivity index (χ0) is 18.8. The molecule has 0 aliphatic rings. The zero-order valence-corrected chi connectivity index (χ0v) is 16.2. The Morgan fingerprint density at radius 2 is 2.12 bits per heavy atom. The van der Waals surface area contributed by atoms with Crippen molar-refractivity contribution < 1.29 is 9.13 Å². The number of hydrogen-bond donors (Lipinski definition) is 0. The van der Waals surface area contributed by atoms with Gasteiger partial charge in [0.15, 0.2) is 0 Å². The molecule has 1 aromatic heterocycles. The Labute approximate surface area is 155 Å². The van der Waals surface area contributed by atoms with Crippen LogP contribution in [0.1, 0.15) is 30.7 Å². The highest BCUT2D eigenvalue weighted by Crippen LogP contribution is 2.40. The van der Waals surface area contributed by atoms with Crippen LogP contribution in [0.2, 0.25) is 5.02 Å². The molecule has 8 heteroatoms. The molecule has 0 atom stereocenters. The van der Waals surface area contributed by atoms with Crippen LogP contribution in [0.4, 0.5) is 10.1 Å². The SMILES string of the molecule is Cc1cc(Oc2snc(C(C)(C)F)c2C#N)c(Cl)cc1/N=C\N(C)C. The molecule has 0 aliphatic carbocycles. The summed E-state index contributed by atoms with van der Waals surface area (Å²) in [6, 6.07) is 5.37. The van der Waals surface area contributed by atoms with Crippen molar-refractivity contribution in [1.82, 2.24) is 9.27 Å². The van der Waals surface area contributed by atoms with E-state index in [0.717, 1.165) is 17.1 Å². The third-order valence-corrected chi connectivity index (χ3v) is 4.24. The molecule has 2 rings (SSSR count). The summed E-state index contributed by atoms with van der Waals surface area (Å²) in [7, 11) is 3.74. The van der Waals surface area contributed by atoms with Gasteiger partial charge < -0.3 is 9.64 Å². The molecular weight excluding hydrogens is 363 g/mol. The standard InChI is InChI=1S/C17H18ClFN4OS/c1-10-6-14(12(18)7-13(10)21-9-23(4)5)24-16-11(8-20)15(22-25-16)17(2,3)19/h6-7,9H,1-5H3/b21-9-. The van der Waals surface area contributed by atoms with Crippen molar-refractivity contribution in [3.05, 3.63) is 34.0 Å². The van der Waals surface area contributed by atoms with Crippen molar-refractivity contribution in [1.29, 1.82) is 5.26 Å². The van der Waals surface area contributed by atoms with E-state index in [0.29, 0.717) is 16.5 Å². The number of hydrogen-bond acceptors (Lipinski definition) is 5. The van der Waals surface area contributed by atoms with Gasteiger partial charge in [-0.3, -0.25) is 0 Å². The summed E-state index contributed by atoms with van der Waals surface area (Å²) in [6.07, 6.45) is 1.67.